The van der Waals surface area contributed by atoms with Gasteiger partial charge in [0.2, 0.25) is 0 Å². The van der Waals surface area contributed by atoms with E-state index in [2.05, 4.69) is 0 Å². The van der Waals surface area contributed by atoms with Gasteiger partial charge in [-0.25, -0.2) is 4.39 Å². The Morgan fingerprint density at radius 1 is 1.29 bits per heavy atom. The molecule has 1 unspecified atom stereocenters. The summed E-state index contributed by atoms with van der Waals surface area (Å²) in [5, 5.41) is 10.6. The van der Waals surface area contributed by atoms with Crippen LogP contribution in [0.4, 0.5) is 4.39 Å². The Hall–Kier alpha value is -0.900. The average molecular weight is 271 g/mol. The molecule has 17 heavy (non-hydrogen) atoms. The highest BCUT2D eigenvalue weighted by Gasteiger charge is 2.19. The van der Waals surface area contributed by atoms with Crippen LogP contribution in [0.15, 0.2) is 24.3 Å². The number of hydrogen-bond donors (Lipinski definition) is 1. The summed E-state index contributed by atoms with van der Waals surface area (Å²) in [6.07, 6.45) is -0.951. The molecule has 1 heterocycles. The number of benzene rings is 1. The molecule has 1 aromatic carbocycles. The normalized spacial score (nSPS) is 12.8. The maximum Gasteiger partial charge on any atom is 0.129 e. The van der Waals surface area contributed by atoms with Gasteiger partial charge in [-0.1, -0.05) is 11.6 Å². The van der Waals surface area contributed by atoms with Gasteiger partial charge in [-0.05, 0) is 43.7 Å². The lowest BCUT2D eigenvalue weighted by atomic mass is 10.1. The molecule has 0 aliphatic carbocycles. The Labute approximate surface area is 108 Å². The lowest BCUT2D eigenvalue weighted by Gasteiger charge is -2.11. The SMILES string of the molecule is Cc1cc(C)c(C(O)c2cc(Cl)ccc2F)s1. The Morgan fingerprint density at radius 3 is 2.59 bits per heavy atom. The Bertz CT molecular complexity index is 550. The minimum atomic E-state index is -0.951. The van der Waals surface area contributed by atoms with Gasteiger partial charge in [-0.3, -0.25) is 0 Å². The predicted molar refractivity (Wildman–Crippen MR) is 69.3 cm³/mol. The lowest BCUT2D eigenvalue weighted by molar-refractivity contribution is 0.218. The van der Waals surface area contributed by atoms with Crippen molar-refractivity contribution in [1.29, 1.82) is 0 Å². The molecule has 4 heteroatoms. The van der Waals surface area contributed by atoms with E-state index in [9.17, 15) is 9.50 Å². The summed E-state index contributed by atoms with van der Waals surface area (Å²) in [5.74, 6) is -0.438. The van der Waals surface area contributed by atoms with Crippen LogP contribution < -0.4 is 0 Å². The minimum absolute atomic E-state index is 0.224. The van der Waals surface area contributed by atoms with Crippen molar-refractivity contribution in [2.24, 2.45) is 0 Å². The molecule has 90 valence electrons. The number of aliphatic hydroxyl groups excluding tert-OH is 1. The Balaban J connectivity index is 2.46. The largest absolute Gasteiger partial charge is 0.383 e. The number of rotatable bonds is 2. The second-order valence-electron chi connectivity index (χ2n) is 3.97. The van der Waals surface area contributed by atoms with Crippen molar-refractivity contribution in [2.75, 3.05) is 0 Å². The second kappa shape index (κ2) is 4.77. The molecule has 0 aliphatic heterocycles. The first-order valence-corrected chi connectivity index (χ1v) is 6.38. The van der Waals surface area contributed by atoms with Crippen molar-refractivity contribution in [2.45, 2.75) is 20.0 Å². The fraction of sp³-hybridized carbons (Fsp3) is 0.231. The number of aliphatic hydroxyl groups is 1. The molecule has 0 saturated heterocycles. The number of thiophene rings is 1. The molecule has 1 atom stereocenters. The van der Waals surface area contributed by atoms with Crippen molar-refractivity contribution in [1.82, 2.24) is 0 Å². The third kappa shape index (κ3) is 2.51. The van der Waals surface area contributed by atoms with E-state index in [1.807, 2.05) is 19.9 Å². The summed E-state index contributed by atoms with van der Waals surface area (Å²) >= 11 is 7.29. The van der Waals surface area contributed by atoms with Crippen LogP contribution in [0.25, 0.3) is 0 Å². The summed E-state index contributed by atoms with van der Waals surface area (Å²) in [4.78, 5) is 1.86. The van der Waals surface area contributed by atoms with Gasteiger partial charge in [-0.15, -0.1) is 11.3 Å². The maximum absolute atomic E-state index is 13.6. The molecular formula is C13H12ClFOS. The van der Waals surface area contributed by atoms with Crippen molar-refractivity contribution < 1.29 is 9.50 Å². The van der Waals surface area contributed by atoms with Gasteiger partial charge in [0.05, 0.1) is 0 Å². The molecular weight excluding hydrogens is 259 g/mol. The van der Waals surface area contributed by atoms with Crippen molar-refractivity contribution in [3.63, 3.8) is 0 Å². The minimum Gasteiger partial charge on any atom is -0.383 e. The molecule has 0 spiro atoms. The van der Waals surface area contributed by atoms with Crippen LogP contribution in [0.2, 0.25) is 5.02 Å². The zero-order valence-electron chi connectivity index (χ0n) is 9.50. The first kappa shape index (κ1) is 12.6. The van der Waals surface area contributed by atoms with Crippen molar-refractivity contribution in [3.8, 4) is 0 Å². The molecule has 0 bridgehead atoms. The standard InChI is InChI=1S/C13H12ClFOS/c1-7-5-8(2)17-13(7)12(16)10-6-9(14)3-4-11(10)15/h3-6,12,16H,1-2H3. The first-order chi connectivity index (χ1) is 7.99. The molecule has 1 N–H and O–H groups in total. The summed E-state index contributed by atoms with van der Waals surface area (Å²) in [6, 6.07) is 6.19. The van der Waals surface area contributed by atoms with Crippen molar-refractivity contribution in [3.05, 3.63) is 56.0 Å². The van der Waals surface area contributed by atoms with E-state index in [1.165, 1.54) is 29.5 Å². The van der Waals surface area contributed by atoms with Crippen LogP contribution in [0.3, 0.4) is 0 Å². The molecule has 1 nitrogen and oxygen atoms in total. The zero-order valence-corrected chi connectivity index (χ0v) is 11.1. The van der Waals surface area contributed by atoms with E-state index in [0.29, 0.717) is 5.02 Å². The van der Waals surface area contributed by atoms with Gasteiger partial charge >= 0.3 is 0 Å². The molecule has 0 aliphatic rings. The van der Waals surface area contributed by atoms with E-state index in [-0.39, 0.29) is 5.56 Å². The summed E-state index contributed by atoms with van der Waals surface area (Å²) in [6.45, 7) is 3.87. The molecule has 2 rings (SSSR count). The molecule has 2 aromatic rings. The Morgan fingerprint density at radius 2 is 2.00 bits per heavy atom. The van der Waals surface area contributed by atoms with Crippen LogP contribution >= 0.6 is 22.9 Å². The highest BCUT2D eigenvalue weighted by Crippen LogP contribution is 2.33. The highest BCUT2D eigenvalue weighted by molar-refractivity contribution is 7.12. The molecule has 1 aromatic heterocycles. The fourth-order valence-electron chi connectivity index (χ4n) is 1.80. The van der Waals surface area contributed by atoms with E-state index in [4.69, 9.17) is 11.6 Å². The number of halogens is 2. The zero-order chi connectivity index (χ0) is 12.6. The monoisotopic (exact) mass is 270 g/mol. The van der Waals surface area contributed by atoms with Gasteiger partial charge in [0.15, 0.2) is 0 Å². The lowest BCUT2D eigenvalue weighted by Crippen LogP contribution is -2.01. The molecule has 0 radical (unpaired) electrons. The first-order valence-electron chi connectivity index (χ1n) is 5.19. The summed E-state index contributed by atoms with van der Waals surface area (Å²) in [5.41, 5.74) is 1.20. The summed E-state index contributed by atoms with van der Waals surface area (Å²) in [7, 11) is 0. The molecule has 0 fully saturated rings. The third-order valence-corrected chi connectivity index (χ3v) is 4.02. The molecule has 0 saturated carbocycles. The van der Waals surface area contributed by atoms with Gasteiger partial charge in [0.1, 0.15) is 11.9 Å². The third-order valence-electron chi connectivity index (χ3n) is 2.58. The van der Waals surface area contributed by atoms with Gasteiger partial charge in [0.25, 0.3) is 0 Å². The van der Waals surface area contributed by atoms with E-state index in [0.717, 1.165) is 15.3 Å². The Kier molecular flexibility index (Phi) is 3.52. The van der Waals surface area contributed by atoms with Crippen molar-refractivity contribution >= 4 is 22.9 Å². The quantitative estimate of drug-likeness (QED) is 0.865. The van der Waals surface area contributed by atoms with E-state index in [1.54, 1.807) is 0 Å². The van der Waals surface area contributed by atoms with Gasteiger partial charge in [-0.2, -0.15) is 0 Å². The molecule has 0 amide bonds. The van der Waals surface area contributed by atoms with Gasteiger partial charge in [0, 0.05) is 20.3 Å². The maximum atomic E-state index is 13.6. The summed E-state index contributed by atoms with van der Waals surface area (Å²) < 4.78 is 13.6. The average Bonchev–Trinajstić information content (AvgIpc) is 2.60. The predicted octanol–water partition coefficient (Wildman–Crippen LogP) is 4.24. The van der Waals surface area contributed by atoms with Crippen LogP contribution in [0, 0.1) is 19.7 Å². The van der Waals surface area contributed by atoms with Gasteiger partial charge < -0.3 is 5.11 Å². The van der Waals surface area contributed by atoms with E-state index >= 15 is 0 Å². The van der Waals surface area contributed by atoms with Crippen LogP contribution in [-0.4, -0.2) is 5.11 Å². The smallest absolute Gasteiger partial charge is 0.129 e. The van der Waals surface area contributed by atoms with Crippen LogP contribution in [0.5, 0.6) is 0 Å². The highest BCUT2D eigenvalue weighted by atomic mass is 35.5. The van der Waals surface area contributed by atoms with Crippen LogP contribution in [-0.2, 0) is 0 Å². The van der Waals surface area contributed by atoms with Crippen LogP contribution in [0.1, 0.15) is 27.0 Å². The second-order valence-corrected chi connectivity index (χ2v) is 5.70. The topological polar surface area (TPSA) is 20.2 Å². The number of aryl methyl sites for hydroxylation is 2. The van der Waals surface area contributed by atoms with E-state index < -0.39 is 11.9 Å². The fourth-order valence-corrected chi connectivity index (χ4v) is 3.02. The number of hydrogen-bond acceptors (Lipinski definition) is 2.